The first-order valence-electron chi connectivity index (χ1n) is 8.77. The minimum Gasteiger partial charge on any atom is -0.394 e. The fourth-order valence-electron chi connectivity index (χ4n) is 2.69. The zero-order valence-electron chi connectivity index (χ0n) is 15.5. The molecule has 0 radical (unpaired) electrons. The number of para-hydroxylation sites is 1. The van der Waals surface area contributed by atoms with E-state index in [0.29, 0.717) is 28.3 Å². The van der Waals surface area contributed by atoms with Crippen LogP contribution >= 0.6 is 11.6 Å². The van der Waals surface area contributed by atoms with Crippen LogP contribution in [-0.2, 0) is 0 Å². The lowest BCUT2D eigenvalue weighted by atomic mass is 10.1. The molecule has 0 fully saturated rings. The maximum absolute atomic E-state index is 9.69. The number of fused-ring (bicyclic) bond motifs is 1. The van der Waals surface area contributed by atoms with Crippen molar-refractivity contribution < 1.29 is 10.2 Å². The lowest BCUT2D eigenvalue weighted by molar-refractivity contribution is 0.105. The monoisotopic (exact) mass is 403 g/mol. The fourth-order valence-corrected chi connectivity index (χ4v) is 2.91. The molecular formula is C18H22ClN7O2. The van der Waals surface area contributed by atoms with Crippen molar-refractivity contribution >= 4 is 40.2 Å². The van der Waals surface area contributed by atoms with Gasteiger partial charge in [-0.05, 0) is 19.1 Å². The molecule has 0 saturated heterocycles. The molecule has 10 heteroatoms. The standard InChI is InChI=1S/C18H22ClN7O2/c1-10(24-18-23-9-22-17(20-2)26-18)13-6-11-4-3-5-14(19)15(11)25-16(13)21-7-12(28)8-27/h3-6,9-10,12,27-28H,7-8H2,1-2H3,(H,21,25)(H2,20,22,23,24,26)/t10-,12?/m0/s1. The summed E-state index contributed by atoms with van der Waals surface area (Å²) in [6, 6.07) is 7.33. The van der Waals surface area contributed by atoms with Gasteiger partial charge in [0.05, 0.1) is 29.3 Å². The van der Waals surface area contributed by atoms with Gasteiger partial charge in [0, 0.05) is 24.5 Å². The van der Waals surface area contributed by atoms with Crippen LogP contribution in [0.4, 0.5) is 17.7 Å². The van der Waals surface area contributed by atoms with Crippen LogP contribution < -0.4 is 16.0 Å². The Kier molecular flexibility index (Phi) is 6.40. The number of anilines is 3. The van der Waals surface area contributed by atoms with Crippen LogP contribution in [-0.4, -0.2) is 56.5 Å². The second-order valence-corrected chi connectivity index (χ2v) is 6.61. The van der Waals surface area contributed by atoms with Gasteiger partial charge >= 0.3 is 0 Å². The molecule has 3 aromatic rings. The first kappa shape index (κ1) is 20.0. The van der Waals surface area contributed by atoms with Gasteiger partial charge in [-0.2, -0.15) is 4.98 Å². The summed E-state index contributed by atoms with van der Waals surface area (Å²) in [5, 5.41) is 29.4. The lowest BCUT2D eigenvalue weighted by Crippen LogP contribution is -2.24. The number of halogens is 1. The maximum atomic E-state index is 9.69. The van der Waals surface area contributed by atoms with Crippen molar-refractivity contribution in [1.82, 2.24) is 19.9 Å². The van der Waals surface area contributed by atoms with Crippen molar-refractivity contribution in [2.45, 2.75) is 19.1 Å². The molecule has 0 aliphatic rings. The normalized spacial score (nSPS) is 13.2. The van der Waals surface area contributed by atoms with Gasteiger partial charge in [0.1, 0.15) is 12.1 Å². The number of hydrogen-bond acceptors (Lipinski definition) is 9. The molecule has 0 saturated carbocycles. The summed E-state index contributed by atoms with van der Waals surface area (Å²) in [5.41, 5.74) is 1.49. The number of pyridine rings is 1. The fraction of sp³-hybridized carbons (Fsp3) is 0.333. The predicted octanol–water partition coefficient (Wildman–Crippen LogP) is 2.05. The summed E-state index contributed by atoms with van der Waals surface area (Å²) >= 11 is 6.28. The van der Waals surface area contributed by atoms with E-state index < -0.39 is 6.10 Å². The topological polar surface area (TPSA) is 128 Å². The van der Waals surface area contributed by atoms with Gasteiger partial charge in [0.2, 0.25) is 11.9 Å². The van der Waals surface area contributed by atoms with Crippen LogP contribution in [0.5, 0.6) is 0 Å². The highest BCUT2D eigenvalue weighted by molar-refractivity contribution is 6.35. The SMILES string of the molecule is CNc1ncnc(N[C@@H](C)c2cc3cccc(Cl)c3nc2NCC(O)CO)n1. The summed E-state index contributed by atoms with van der Waals surface area (Å²) < 4.78 is 0. The van der Waals surface area contributed by atoms with Gasteiger partial charge in [-0.15, -0.1) is 0 Å². The molecule has 9 nitrogen and oxygen atoms in total. The van der Waals surface area contributed by atoms with Crippen LogP contribution in [0.25, 0.3) is 10.9 Å². The van der Waals surface area contributed by atoms with Crippen molar-refractivity contribution in [3.05, 3.63) is 41.2 Å². The number of aromatic nitrogens is 4. The summed E-state index contributed by atoms with van der Waals surface area (Å²) in [4.78, 5) is 17.0. The zero-order chi connectivity index (χ0) is 20.1. The minimum absolute atomic E-state index is 0.148. The van der Waals surface area contributed by atoms with Crippen LogP contribution in [0.2, 0.25) is 5.02 Å². The summed E-state index contributed by atoms with van der Waals surface area (Å²) in [6.45, 7) is 1.75. The molecule has 2 atom stereocenters. The Morgan fingerprint density at radius 1 is 1.18 bits per heavy atom. The minimum atomic E-state index is -0.901. The Hall–Kier alpha value is -2.75. The lowest BCUT2D eigenvalue weighted by Gasteiger charge is -2.20. The molecule has 0 bridgehead atoms. The number of aliphatic hydroxyl groups excluding tert-OH is 2. The van der Waals surface area contributed by atoms with Gasteiger partial charge in [-0.1, -0.05) is 23.7 Å². The average molecular weight is 404 g/mol. The maximum Gasteiger partial charge on any atom is 0.227 e. The van der Waals surface area contributed by atoms with E-state index in [0.717, 1.165) is 10.9 Å². The third kappa shape index (κ3) is 4.56. The smallest absolute Gasteiger partial charge is 0.227 e. The van der Waals surface area contributed by atoms with E-state index in [1.165, 1.54) is 6.33 Å². The van der Waals surface area contributed by atoms with E-state index in [1.807, 2.05) is 25.1 Å². The number of nitrogens with one attached hydrogen (secondary N) is 3. The van der Waals surface area contributed by atoms with Gasteiger partial charge in [0.25, 0.3) is 0 Å². The number of nitrogens with zero attached hydrogens (tertiary/aromatic N) is 4. The molecular weight excluding hydrogens is 382 g/mol. The second kappa shape index (κ2) is 8.96. The van der Waals surface area contributed by atoms with Crippen LogP contribution in [0.15, 0.2) is 30.6 Å². The van der Waals surface area contributed by atoms with Crippen molar-refractivity contribution in [2.75, 3.05) is 36.1 Å². The molecule has 1 unspecified atom stereocenters. The molecule has 2 heterocycles. The third-order valence-electron chi connectivity index (χ3n) is 4.15. The van der Waals surface area contributed by atoms with E-state index in [2.05, 4.69) is 35.9 Å². The highest BCUT2D eigenvalue weighted by atomic mass is 35.5. The molecule has 0 amide bonds. The number of aliphatic hydroxyl groups is 2. The van der Waals surface area contributed by atoms with Gasteiger partial charge < -0.3 is 26.2 Å². The Balaban J connectivity index is 1.96. The predicted molar refractivity (Wildman–Crippen MR) is 110 cm³/mol. The summed E-state index contributed by atoms with van der Waals surface area (Å²) in [6.07, 6.45) is 0.518. The quantitative estimate of drug-likeness (QED) is 0.383. The van der Waals surface area contributed by atoms with E-state index in [4.69, 9.17) is 16.7 Å². The van der Waals surface area contributed by atoms with Crippen molar-refractivity contribution in [3.8, 4) is 0 Å². The van der Waals surface area contributed by atoms with Crippen LogP contribution in [0, 0.1) is 0 Å². The highest BCUT2D eigenvalue weighted by Gasteiger charge is 2.17. The Morgan fingerprint density at radius 3 is 2.71 bits per heavy atom. The van der Waals surface area contributed by atoms with Gasteiger partial charge in [-0.3, -0.25) is 0 Å². The molecule has 28 heavy (non-hydrogen) atoms. The molecule has 0 spiro atoms. The van der Waals surface area contributed by atoms with Crippen molar-refractivity contribution in [1.29, 1.82) is 0 Å². The Bertz CT molecular complexity index is 956. The van der Waals surface area contributed by atoms with Crippen LogP contribution in [0.3, 0.4) is 0 Å². The molecule has 5 N–H and O–H groups in total. The third-order valence-corrected chi connectivity index (χ3v) is 4.45. The number of hydrogen-bond donors (Lipinski definition) is 5. The van der Waals surface area contributed by atoms with Crippen molar-refractivity contribution in [2.24, 2.45) is 0 Å². The Labute approximate surface area is 167 Å². The van der Waals surface area contributed by atoms with E-state index >= 15 is 0 Å². The molecule has 2 aromatic heterocycles. The summed E-state index contributed by atoms with van der Waals surface area (Å²) in [7, 11) is 1.73. The molecule has 1 aromatic carbocycles. The molecule has 3 rings (SSSR count). The van der Waals surface area contributed by atoms with E-state index in [-0.39, 0.29) is 19.2 Å². The molecule has 0 aliphatic carbocycles. The Morgan fingerprint density at radius 2 is 1.96 bits per heavy atom. The number of benzene rings is 1. The van der Waals surface area contributed by atoms with Crippen molar-refractivity contribution in [3.63, 3.8) is 0 Å². The van der Waals surface area contributed by atoms with Gasteiger partial charge in [-0.25, -0.2) is 15.0 Å². The molecule has 148 valence electrons. The first-order chi connectivity index (χ1) is 13.5. The first-order valence-corrected chi connectivity index (χ1v) is 9.15. The summed E-state index contributed by atoms with van der Waals surface area (Å²) in [5.74, 6) is 1.42. The second-order valence-electron chi connectivity index (χ2n) is 6.20. The average Bonchev–Trinajstić information content (AvgIpc) is 2.71. The largest absolute Gasteiger partial charge is 0.394 e. The van der Waals surface area contributed by atoms with E-state index in [1.54, 1.807) is 13.1 Å². The highest BCUT2D eigenvalue weighted by Crippen LogP contribution is 2.30. The molecule has 0 aliphatic heterocycles. The zero-order valence-corrected chi connectivity index (χ0v) is 16.3. The number of rotatable bonds is 8. The van der Waals surface area contributed by atoms with Gasteiger partial charge in [0.15, 0.2) is 0 Å². The van der Waals surface area contributed by atoms with Crippen LogP contribution in [0.1, 0.15) is 18.5 Å². The van der Waals surface area contributed by atoms with E-state index in [9.17, 15) is 5.11 Å².